The highest BCUT2D eigenvalue weighted by molar-refractivity contribution is 4.91. The van der Waals surface area contributed by atoms with E-state index < -0.39 is 0 Å². The van der Waals surface area contributed by atoms with Crippen LogP contribution in [-0.2, 0) is 13.5 Å². The zero-order chi connectivity index (χ0) is 10.5. The van der Waals surface area contributed by atoms with E-state index in [4.69, 9.17) is 0 Å². The molecule has 1 aliphatic carbocycles. The fraction of sp³-hybridized carbons (Fsp3) is 0.750. The molecule has 2 rings (SSSR count). The lowest BCUT2D eigenvalue weighted by Gasteiger charge is -2.10. The van der Waals surface area contributed by atoms with E-state index in [0.29, 0.717) is 0 Å². The molecule has 0 aromatic carbocycles. The van der Waals surface area contributed by atoms with Gasteiger partial charge >= 0.3 is 0 Å². The van der Waals surface area contributed by atoms with Gasteiger partial charge < -0.3 is 9.88 Å². The molecule has 15 heavy (non-hydrogen) atoms. The number of hydrogen-bond donors (Lipinski definition) is 1. The van der Waals surface area contributed by atoms with Crippen molar-refractivity contribution in [3.63, 3.8) is 0 Å². The van der Waals surface area contributed by atoms with Crippen LogP contribution >= 0.6 is 0 Å². The van der Waals surface area contributed by atoms with Gasteiger partial charge in [-0.15, -0.1) is 0 Å². The Kier molecular flexibility index (Phi) is 3.78. The summed E-state index contributed by atoms with van der Waals surface area (Å²) in [5, 5.41) is 3.54. The average molecular weight is 207 g/mol. The molecule has 0 radical (unpaired) electrons. The van der Waals surface area contributed by atoms with Crippen molar-refractivity contribution >= 4 is 0 Å². The zero-order valence-corrected chi connectivity index (χ0v) is 9.58. The number of rotatable bonds is 5. The van der Waals surface area contributed by atoms with Crippen molar-refractivity contribution in [2.75, 3.05) is 13.1 Å². The third-order valence-corrected chi connectivity index (χ3v) is 3.35. The molecule has 1 aromatic heterocycles. The molecule has 1 fully saturated rings. The zero-order valence-electron chi connectivity index (χ0n) is 9.58. The van der Waals surface area contributed by atoms with Crippen LogP contribution < -0.4 is 5.32 Å². The van der Waals surface area contributed by atoms with Gasteiger partial charge in [0.05, 0.1) is 0 Å². The van der Waals surface area contributed by atoms with Crippen molar-refractivity contribution in [1.29, 1.82) is 0 Å². The second-order valence-corrected chi connectivity index (χ2v) is 4.56. The largest absolute Gasteiger partial charge is 0.338 e. The summed E-state index contributed by atoms with van der Waals surface area (Å²) in [6.07, 6.45) is 10.6. The number of aryl methyl sites for hydroxylation is 1. The van der Waals surface area contributed by atoms with Crippen LogP contribution in [0.2, 0.25) is 0 Å². The minimum atomic E-state index is 0.936. The molecule has 0 aliphatic heterocycles. The molecule has 0 saturated heterocycles. The fourth-order valence-corrected chi connectivity index (χ4v) is 2.36. The molecule has 1 aliphatic rings. The summed E-state index contributed by atoms with van der Waals surface area (Å²) in [4.78, 5) is 4.31. The van der Waals surface area contributed by atoms with Gasteiger partial charge in [0.1, 0.15) is 5.82 Å². The number of nitrogens with one attached hydrogen (secondary N) is 1. The number of aromatic nitrogens is 2. The van der Waals surface area contributed by atoms with Gasteiger partial charge in [-0.2, -0.15) is 0 Å². The summed E-state index contributed by atoms with van der Waals surface area (Å²) in [6.45, 7) is 2.26. The first-order chi connectivity index (χ1) is 7.36. The molecular weight excluding hydrogens is 186 g/mol. The lowest BCUT2D eigenvalue weighted by Crippen LogP contribution is -2.24. The van der Waals surface area contributed by atoms with E-state index in [-0.39, 0.29) is 0 Å². The summed E-state index contributed by atoms with van der Waals surface area (Å²) in [5.41, 5.74) is 0. The van der Waals surface area contributed by atoms with Crippen LogP contribution in [0.5, 0.6) is 0 Å². The van der Waals surface area contributed by atoms with Gasteiger partial charge in [-0.05, 0) is 25.3 Å². The van der Waals surface area contributed by atoms with E-state index >= 15 is 0 Å². The minimum absolute atomic E-state index is 0.936. The van der Waals surface area contributed by atoms with Crippen molar-refractivity contribution < 1.29 is 0 Å². The van der Waals surface area contributed by atoms with Gasteiger partial charge in [-0.1, -0.05) is 12.8 Å². The summed E-state index contributed by atoms with van der Waals surface area (Å²) < 4.78 is 2.09. The van der Waals surface area contributed by atoms with Crippen LogP contribution in [-0.4, -0.2) is 22.6 Å². The Hall–Kier alpha value is -0.830. The molecule has 1 saturated carbocycles. The lowest BCUT2D eigenvalue weighted by molar-refractivity contribution is 0.488. The monoisotopic (exact) mass is 207 g/mol. The molecule has 3 heteroatoms. The first-order valence-electron chi connectivity index (χ1n) is 6.03. The highest BCUT2D eigenvalue weighted by atomic mass is 15.0. The predicted octanol–water partition coefficient (Wildman–Crippen LogP) is 1.74. The Morgan fingerprint density at radius 2 is 2.27 bits per heavy atom. The minimum Gasteiger partial charge on any atom is -0.338 e. The van der Waals surface area contributed by atoms with Crippen molar-refractivity contribution in [1.82, 2.24) is 14.9 Å². The maximum atomic E-state index is 4.31. The Morgan fingerprint density at radius 3 is 2.93 bits per heavy atom. The smallest absolute Gasteiger partial charge is 0.109 e. The number of imidazole rings is 1. The van der Waals surface area contributed by atoms with Gasteiger partial charge in [0.2, 0.25) is 0 Å². The predicted molar refractivity (Wildman–Crippen MR) is 61.7 cm³/mol. The molecule has 3 nitrogen and oxygen atoms in total. The van der Waals surface area contributed by atoms with E-state index in [1.54, 1.807) is 0 Å². The molecular formula is C12H21N3. The quantitative estimate of drug-likeness (QED) is 0.745. The first-order valence-corrected chi connectivity index (χ1v) is 6.03. The third kappa shape index (κ3) is 3.06. The highest BCUT2D eigenvalue weighted by Gasteiger charge is 2.13. The number of hydrogen-bond acceptors (Lipinski definition) is 2. The first kappa shape index (κ1) is 10.7. The fourth-order valence-electron chi connectivity index (χ4n) is 2.36. The van der Waals surface area contributed by atoms with Crippen molar-refractivity contribution in [3.8, 4) is 0 Å². The molecule has 1 aromatic rings. The van der Waals surface area contributed by atoms with E-state index in [1.165, 1.54) is 38.1 Å². The standard InChI is InChI=1S/C12H21N3/c1-15-9-8-14-12(15)6-7-13-10-11-4-2-3-5-11/h8-9,11,13H,2-7,10H2,1H3. The molecule has 0 unspecified atom stereocenters. The molecule has 0 amide bonds. The molecule has 84 valence electrons. The van der Waals surface area contributed by atoms with E-state index in [1.807, 2.05) is 12.4 Å². The van der Waals surface area contributed by atoms with Crippen LogP contribution in [0, 0.1) is 5.92 Å². The van der Waals surface area contributed by atoms with Gasteiger partial charge in [0, 0.05) is 32.4 Å². The van der Waals surface area contributed by atoms with Crippen molar-refractivity contribution in [2.45, 2.75) is 32.1 Å². The van der Waals surface area contributed by atoms with Gasteiger partial charge in [0.15, 0.2) is 0 Å². The van der Waals surface area contributed by atoms with Crippen LogP contribution in [0.1, 0.15) is 31.5 Å². The topological polar surface area (TPSA) is 29.9 Å². The Balaban J connectivity index is 1.60. The van der Waals surface area contributed by atoms with Gasteiger partial charge in [-0.25, -0.2) is 4.98 Å². The van der Waals surface area contributed by atoms with Crippen LogP contribution in [0.4, 0.5) is 0 Å². The maximum Gasteiger partial charge on any atom is 0.109 e. The van der Waals surface area contributed by atoms with E-state index in [9.17, 15) is 0 Å². The maximum absolute atomic E-state index is 4.31. The van der Waals surface area contributed by atoms with E-state index in [0.717, 1.165) is 18.9 Å². The van der Waals surface area contributed by atoms with Crippen molar-refractivity contribution in [3.05, 3.63) is 18.2 Å². The van der Waals surface area contributed by atoms with Crippen LogP contribution in [0.15, 0.2) is 12.4 Å². The summed E-state index contributed by atoms with van der Waals surface area (Å²) in [6, 6.07) is 0. The second-order valence-electron chi connectivity index (χ2n) is 4.56. The van der Waals surface area contributed by atoms with Crippen LogP contribution in [0.3, 0.4) is 0 Å². The average Bonchev–Trinajstić information content (AvgIpc) is 2.85. The van der Waals surface area contributed by atoms with E-state index in [2.05, 4.69) is 21.9 Å². The molecule has 1 heterocycles. The normalized spacial score (nSPS) is 17.4. The van der Waals surface area contributed by atoms with Crippen LogP contribution in [0.25, 0.3) is 0 Å². The number of nitrogens with zero attached hydrogens (tertiary/aromatic N) is 2. The Bertz CT molecular complexity index is 287. The Labute approximate surface area is 91.9 Å². The SMILES string of the molecule is Cn1ccnc1CCNCC1CCCC1. The molecule has 0 bridgehead atoms. The second kappa shape index (κ2) is 5.31. The summed E-state index contributed by atoms with van der Waals surface area (Å²) in [5.74, 6) is 2.11. The summed E-state index contributed by atoms with van der Waals surface area (Å²) >= 11 is 0. The lowest BCUT2D eigenvalue weighted by atomic mass is 10.1. The molecule has 0 atom stereocenters. The van der Waals surface area contributed by atoms with Gasteiger partial charge in [-0.3, -0.25) is 0 Å². The van der Waals surface area contributed by atoms with Crippen molar-refractivity contribution in [2.24, 2.45) is 13.0 Å². The molecule has 1 N–H and O–H groups in total. The summed E-state index contributed by atoms with van der Waals surface area (Å²) in [7, 11) is 2.05. The highest BCUT2D eigenvalue weighted by Crippen LogP contribution is 2.23. The third-order valence-electron chi connectivity index (χ3n) is 3.35. The molecule has 0 spiro atoms. The Morgan fingerprint density at radius 1 is 1.47 bits per heavy atom. The van der Waals surface area contributed by atoms with Gasteiger partial charge in [0.25, 0.3) is 0 Å².